The minimum atomic E-state index is 0.552. The van der Waals surface area contributed by atoms with Gasteiger partial charge in [-0.1, -0.05) is 84.9 Å². The van der Waals surface area contributed by atoms with Gasteiger partial charge in [0.2, 0.25) is 0 Å². The van der Waals surface area contributed by atoms with E-state index < -0.39 is 0 Å². The summed E-state index contributed by atoms with van der Waals surface area (Å²) >= 11 is 0. The summed E-state index contributed by atoms with van der Waals surface area (Å²) in [5, 5.41) is 26.4. The Morgan fingerprint density at radius 1 is 0.400 bits per heavy atom. The quantitative estimate of drug-likeness (QED) is 0.183. The topological polar surface area (TPSA) is 70.6 Å². The second-order valence-electron chi connectivity index (χ2n) is 14.0. The van der Waals surface area contributed by atoms with Crippen LogP contribution in [0.15, 0.2) is 174 Å². The van der Waals surface area contributed by atoms with Crippen LogP contribution in [0.25, 0.3) is 99.2 Å². The standard InChI is InChI=1S/C50H28N4O/c51-29-31-10-8-11-33(24-31)35-25-32(30-52)26-36(27-35)34-20-23-46-41(28-34)48-44(18-9-19-47(48)55-46)54-42-16-6-4-14-38(42)39-21-22-45-49(50(39)54)40-15-5-7-17-43(40)53(45)37-12-2-1-3-13-37/h1-28H. The fourth-order valence-electron chi connectivity index (χ4n) is 8.58. The summed E-state index contributed by atoms with van der Waals surface area (Å²) in [5.74, 6) is 0. The third-order valence-corrected chi connectivity index (χ3v) is 10.9. The molecule has 11 aromatic rings. The molecule has 0 aliphatic heterocycles. The van der Waals surface area contributed by atoms with Gasteiger partial charge in [-0.05, 0) is 107 Å². The summed E-state index contributed by atoms with van der Waals surface area (Å²) in [4.78, 5) is 0. The number of benzene rings is 8. The van der Waals surface area contributed by atoms with Crippen molar-refractivity contribution >= 4 is 65.6 Å². The van der Waals surface area contributed by atoms with Crippen LogP contribution < -0.4 is 0 Å². The Balaban J connectivity index is 1.21. The molecule has 0 spiro atoms. The summed E-state index contributed by atoms with van der Waals surface area (Å²) in [5.41, 5.74) is 13.1. The number of furan rings is 1. The second kappa shape index (κ2) is 11.8. The lowest BCUT2D eigenvalue weighted by molar-refractivity contribution is 0.669. The van der Waals surface area contributed by atoms with Gasteiger partial charge in [0.1, 0.15) is 11.2 Å². The molecular formula is C50H28N4O. The molecule has 8 aromatic carbocycles. The van der Waals surface area contributed by atoms with Crippen molar-refractivity contribution < 1.29 is 4.42 Å². The predicted molar refractivity (Wildman–Crippen MR) is 223 cm³/mol. The Bertz CT molecular complexity index is 3460. The van der Waals surface area contributed by atoms with Gasteiger partial charge < -0.3 is 13.6 Å². The van der Waals surface area contributed by atoms with Crippen molar-refractivity contribution in [3.8, 4) is 45.8 Å². The third-order valence-electron chi connectivity index (χ3n) is 10.9. The molecule has 11 rings (SSSR count). The maximum absolute atomic E-state index is 10.1. The van der Waals surface area contributed by atoms with Crippen LogP contribution in [-0.2, 0) is 0 Å². The van der Waals surface area contributed by atoms with E-state index in [0.717, 1.165) is 77.6 Å². The Morgan fingerprint density at radius 3 is 1.89 bits per heavy atom. The molecule has 0 fully saturated rings. The predicted octanol–water partition coefficient (Wildman–Crippen LogP) is 12.9. The van der Waals surface area contributed by atoms with E-state index >= 15 is 0 Å². The number of para-hydroxylation sites is 3. The Labute approximate surface area is 315 Å². The average molecular weight is 701 g/mol. The first-order valence-corrected chi connectivity index (χ1v) is 18.2. The van der Waals surface area contributed by atoms with Gasteiger partial charge in [0.15, 0.2) is 0 Å². The number of nitrogens with zero attached hydrogens (tertiary/aromatic N) is 4. The van der Waals surface area contributed by atoms with E-state index in [1.807, 2.05) is 42.5 Å². The summed E-state index contributed by atoms with van der Waals surface area (Å²) < 4.78 is 11.4. The number of rotatable bonds is 4. The van der Waals surface area contributed by atoms with Crippen molar-refractivity contribution in [2.75, 3.05) is 0 Å². The van der Waals surface area contributed by atoms with Gasteiger partial charge in [0.25, 0.3) is 0 Å². The summed E-state index contributed by atoms with van der Waals surface area (Å²) in [6, 6.07) is 63.0. The lowest BCUT2D eigenvalue weighted by Crippen LogP contribution is -1.96. The summed E-state index contributed by atoms with van der Waals surface area (Å²) in [6.07, 6.45) is 0. The Hall–Kier alpha value is -7.86. The van der Waals surface area contributed by atoms with E-state index in [4.69, 9.17) is 4.42 Å². The molecule has 0 radical (unpaired) electrons. The minimum Gasteiger partial charge on any atom is -0.456 e. The number of nitriles is 2. The largest absolute Gasteiger partial charge is 0.456 e. The molecule has 55 heavy (non-hydrogen) atoms. The molecule has 0 unspecified atom stereocenters. The van der Waals surface area contributed by atoms with Crippen LogP contribution in [0.2, 0.25) is 0 Å². The number of aromatic nitrogens is 2. The lowest BCUT2D eigenvalue weighted by Gasteiger charge is -2.12. The first-order valence-electron chi connectivity index (χ1n) is 18.2. The molecule has 0 amide bonds. The SMILES string of the molecule is N#Cc1cccc(-c2cc(C#N)cc(-c3ccc4oc5cccc(-n6c7ccccc7c7ccc8c(c9ccccc9n8-c8ccccc8)c76)c5c4c3)c2)c1. The molecule has 5 nitrogen and oxygen atoms in total. The van der Waals surface area contributed by atoms with Crippen LogP contribution >= 0.6 is 0 Å². The average Bonchev–Trinajstić information content (AvgIpc) is 3.91. The molecule has 0 N–H and O–H groups in total. The maximum Gasteiger partial charge on any atom is 0.137 e. The molecule has 3 heterocycles. The van der Waals surface area contributed by atoms with Gasteiger partial charge in [-0.15, -0.1) is 0 Å². The van der Waals surface area contributed by atoms with Crippen LogP contribution in [0.5, 0.6) is 0 Å². The van der Waals surface area contributed by atoms with Crippen molar-refractivity contribution in [3.63, 3.8) is 0 Å². The van der Waals surface area contributed by atoms with Crippen molar-refractivity contribution in [3.05, 3.63) is 181 Å². The summed E-state index contributed by atoms with van der Waals surface area (Å²) in [6.45, 7) is 0. The molecule has 3 aromatic heterocycles. The lowest BCUT2D eigenvalue weighted by atomic mass is 9.95. The third kappa shape index (κ3) is 4.58. The van der Waals surface area contributed by atoms with Crippen LogP contribution in [-0.4, -0.2) is 9.13 Å². The zero-order chi connectivity index (χ0) is 36.6. The van der Waals surface area contributed by atoms with Crippen molar-refractivity contribution in [2.45, 2.75) is 0 Å². The highest BCUT2D eigenvalue weighted by molar-refractivity contribution is 6.27. The molecule has 0 saturated heterocycles. The van der Waals surface area contributed by atoms with Crippen LogP contribution in [0.4, 0.5) is 0 Å². The Kier molecular flexibility index (Phi) is 6.61. The van der Waals surface area contributed by atoms with Gasteiger partial charge in [0, 0.05) is 32.6 Å². The normalized spacial score (nSPS) is 11.6. The minimum absolute atomic E-state index is 0.552. The monoisotopic (exact) mass is 700 g/mol. The van der Waals surface area contributed by atoms with Gasteiger partial charge >= 0.3 is 0 Å². The van der Waals surface area contributed by atoms with Gasteiger partial charge in [-0.25, -0.2) is 0 Å². The molecule has 0 aliphatic carbocycles. The highest BCUT2D eigenvalue weighted by Gasteiger charge is 2.23. The molecule has 254 valence electrons. The van der Waals surface area contributed by atoms with Crippen molar-refractivity contribution in [2.24, 2.45) is 0 Å². The summed E-state index contributed by atoms with van der Waals surface area (Å²) in [7, 11) is 0. The molecule has 0 atom stereocenters. The van der Waals surface area contributed by atoms with Crippen molar-refractivity contribution in [1.82, 2.24) is 9.13 Å². The van der Waals surface area contributed by atoms with E-state index in [-0.39, 0.29) is 0 Å². The zero-order valence-electron chi connectivity index (χ0n) is 29.4. The Morgan fingerprint density at radius 2 is 1.09 bits per heavy atom. The van der Waals surface area contributed by atoms with E-state index in [0.29, 0.717) is 11.1 Å². The highest BCUT2D eigenvalue weighted by atomic mass is 16.3. The van der Waals surface area contributed by atoms with E-state index in [1.54, 1.807) is 6.07 Å². The van der Waals surface area contributed by atoms with Gasteiger partial charge in [-0.2, -0.15) is 10.5 Å². The smallest absolute Gasteiger partial charge is 0.137 e. The molecule has 0 bridgehead atoms. The highest BCUT2D eigenvalue weighted by Crippen LogP contribution is 2.44. The number of hydrogen-bond donors (Lipinski definition) is 0. The fraction of sp³-hybridized carbons (Fsp3) is 0. The fourth-order valence-corrected chi connectivity index (χ4v) is 8.58. The van der Waals surface area contributed by atoms with E-state index in [2.05, 4.69) is 143 Å². The molecule has 0 saturated carbocycles. The van der Waals surface area contributed by atoms with Crippen LogP contribution in [0.3, 0.4) is 0 Å². The molecule has 5 heteroatoms. The van der Waals surface area contributed by atoms with Crippen LogP contribution in [0.1, 0.15) is 11.1 Å². The van der Waals surface area contributed by atoms with Gasteiger partial charge in [0.05, 0.1) is 56.4 Å². The first-order chi connectivity index (χ1) is 27.2. The number of hydrogen-bond acceptors (Lipinski definition) is 3. The van der Waals surface area contributed by atoms with Crippen LogP contribution in [0, 0.1) is 22.7 Å². The van der Waals surface area contributed by atoms with Gasteiger partial charge in [-0.3, -0.25) is 0 Å². The van der Waals surface area contributed by atoms with Crippen molar-refractivity contribution in [1.29, 1.82) is 10.5 Å². The molecule has 0 aliphatic rings. The maximum atomic E-state index is 10.1. The van der Waals surface area contributed by atoms with E-state index in [9.17, 15) is 10.5 Å². The second-order valence-corrected chi connectivity index (χ2v) is 14.0. The van der Waals surface area contributed by atoms with E-state index in [1.165, 1.54) is 21.5 Å². The number of fused-ring (bicyclic) bond motifs is 10. The zero-order valence-corrected chi connectivity index (χ0v) is 29.4. The molecular weight excluding hydrogens is 673 g/mol. The first kappa shape index (κ1) is 30.7.